The summed E-state index contributed by atoms with van der Waals surface area (Å²) in [6.07, 6.45) is 7.05. The summed E-state index contributed by atoms with van der Waals surface area (Å²) in [4.78, 5) is 20.9. The normalized spacial score (nSPS) is 13.1. The van der Waals surface area contributed by atoms with Gasteiger partial charge < -0.3 is 5.73 Å². The van der Waals surface area contributed by atoms with Gasteiger partial charge in [0.1, 0.15) is 5.54 Å². The molecule has 0 radical (unpaired) electrons. The van der Waals surface area contributed by atoms with Crippen LogP contribution in [0.3, 0.4) is 0 Å². The summed E-state index contributed by atoms with van der Waals surface area (Å²) < 4.78 is 0. The summed E-state index contributed by atoms with van der Waals surface area (Å²) in [5.41, 5.74) is 6.98. The number of aromatic nitrogens is 2. The molecule has 1 amide bonds. The fourth-order valence-corrected chi connectivity index (χ4v) is 3.40. The number of nitrogens with two attached hydrogens (primary N) is 1. The van der Waals surface area contributed by atoms with Crippen LogP contribution in [0.4, 0.5) is 0 Å². The van der Waals surface area contributed by atoms with Crippen LogP contribution in [-0.2, 0) is 23.3 Å². The smallest absolute Gasteiger partial charge is 0.242 e. The molecule has 2 aromatic heterocycles. The van der Waals surface area contributed by atoms with E-state index in [0.717, 1.165) is 11.1 Å². The monoisotopic (exact) mass is 400 g/mol. The van der Waals surface area contributed by atoms with E-state index in [1.165, 1.54) is 0 Å². The molecule has 138 valence electrons. The van der Waals surface area contributed by atoms with Gasteiger partial charge in [-0.15, -0.1) is 0 Å². The van der Waals surface area contributed by atoms with Crippen LogP contribution >= 0.6 is 23.2 Å². The molecule has 0 spiro atoms. The lowest BCUT2D eigenvalue weighted by molar-refractivity contribution is -0.125. The van der Waals surface area contributed by atoms with E-state index >= 15 is 0 Å². The van der Waals surface area contributed by atoms with Gasteiger partial charge in [-0.05, 0) is 47.5 Å². The van der Waals surface area contributed by atoms with E-state index in [2.05, 4.69) is 15.3 Å². The molecule has 0 fully saturated rings. The van der Waals surface area contributed by atoms with E-state index in [1.54, 1.807) is 43.0 Å². The predicted molar refractivity (Wildman–Crippen MR) is 106 cm³/mol. The summed E-state index contributed by atoms with van der Waals surface area (Å²) in [6, 6.07) is 12.4. The minimum absolute atomic E-state index is 0.297. The standard InChI is InChI=1S/C20H18Cl2N4O/c21-16-3-4-18(22)17(10-16)20(19(23)27,11-14-5-8-24-9-6-14)26-13-15-2-1-7-25-12-15/h1-10,12,26H,11,13H2,(H2,23,27). The first-order chi connectivity index (χ1) is 13.0. The Balaban J connectivity index is 2.07. The van der Waals surface area contributed by atoms with Crippen molar-refractivity contribution >= 4 is 29.1 Å². The summed E-state index contributed by atoms with van der Waals surface area (Å²) in [5.74, 6) is -0.549. The van der Waals surface area contributed by atoms with Crippen LogP contribution in [0, 0.1) is 0 Å². The summed E-state index contributed by atoms with van der Waals surface area (Å²) in [7, 11) is 0. The number of rotatable bonds is 7. The van der Waals surface area contributed by atoms with Crippen LogP contribution in [0.2, 0.25) is 10.0 Å². The van der Waals surface area contributed by atoms with E-state index in [1.807, 2.05) is 24.3 Å². The van der Waals surface area contributed by atoms with Crippen LogP contribution in [0.1, 0.15) is 16.7 Å². The molecule has 1 unspecified atom stereocenters. The number of carbonyl (C=O) groups is 1. The van der Waals surface area contributed by atoms with Gasteiger partial charge in [-0.3, -0.25) is 20.1 Å². The van der Waals surface area contributed by atoms with E-state index in [-0.39, 0.29) is 0 Å². The van der Waals surface area contributed by atoms with E-state index in [9.17, 15) is 4.79 Å². The molecule has 3 aromatic rings. The number of carbonyl (C=O) groups excluding carboxylic acids is 1. The highest BCUT2D eigenvalue weighted by Gasteiger charge is 2.40. The fourth-order valence-electron chi connectivity index (χ4n) is 2.95. The van der Waals surface area contributed by atoms with E-state index in [4.69, 9.17) is 28.9 Å². The van der Waals surface area contributed by atoms with Gasteiger partial charge in [0.15, 0.2) is 0 Å². The molecular formula is C20H18Cl2N4O. The number of pyridine rings is 2. The second kappa shape index (κ2) is 8.48. The molecule has 1 aromatic carbocycles. The lowest BCUT2D eigenvalue weighted by Crippen LogP contribution is -2.54. The van der Waals surface area contributed by atoms with Gasteiger partial charge in [-0.1, -0.05) is 29.3 Å². The average Bonchev–Trinajstić information content (AvgIpc) is 2.68. The Labute approximate surface area is 167 Å². The second-order valence-corrected chi connectivity index (χ2v) is 6.98. The molecule has 0 saturated heterocycles. The van der Waals surface area contributed by atoms with Gasteiger partial charge in [0, 0.05) is 53.4 Å². The number of nitrogens with zero attached hydrogens (tertiary/aromatic N) is 2. The third-order valence-electron chi connectivity index (χ3n) is 4.34. The van der Waals surface area contributed by atoms with Crippen LogP contribution in [-0.4, -0.2) is 15.9 Å². The second-order valence-electron chi connectivity index (χ2n) is 6.14. The highest BCUT2D eigenvalue weighted by atomic mass is 35.5. The van der Waals surface area contributed by atoms with Crippen LogP contribution < -0.4 is 11.1 Å². The van der Waals surface area contributed by atoms with Crippen molar-refractivity contribution in [1.29, 1.82) is 0 Å². The first-order valence-electron chi connectivity index (χ1n) is 8.29. The molecule has 0 aliphatic heterocycles. The van der Waals surface area contributed by atoms with E-state index < -0.39 is 11.4 Å². The Morgan fingerprint density at radius 1 is 1.04 bits per heavy atom. The predicted octanol–water partition coefficient (Wildman–Crippen LogP) is 3.50. The van der Waals surface area contributed by atoms with Crippen LogP contribution in [0.25, 0.3) is 0 Å². The summed E-state index contributed by atoms with van der Waals surface area (Å²) in [6.45, 7) is 0.380. The van der Waals surface area contributed by atoms with Gasteiger partial charge in [0.25, 0.3) is 0 Å². The van der Waals surface area contributed by atoms with Crippen LogP contribution in [0.15, 0.2) is 67.3 Å². The molecule has 3 N–H and O–H groups in total. The highest BCUT2D eigenvalue weighted by Crippen LogP contribution is 2.34. The molecule has 27 heavy (non-hydrogen) atoms. The molecule has 0 bridgehead atoms. The van der Waals surface area contributed by atoms with Crippen molar-refractivity contribution < 1.29 is 4.79 Å². The number of benzene rings is 1. The zero-order chi connectivity index (χ0) is 19.3. The maximum absolute atomic E-state index is 12.7. The molecule has 0 aliphatic rings. The number of halogens is 2. The van der Waals surface area contributed by atoms with Crippen molar-refractivity contribution in [2.75, 3.05) is 0 Å². The van der Waals surface area contributed by atoms with Crippen molar-refractivity contribution in [3.8, 4) is 0 Å². The van der Waals surface area contributed by atoms with Gasteiger partial charge in [0.05, 0.1) is 0 Å². The Bertz CT molecular complexity index is 922. The van der Waals surface area contributed by atoms with Crippen molar-refractivity contribution in [1.82, 2.24) is 15.3 Å². The van der Waals surface area contributed by atoms with Crippen LogP contribution in [0.5, 0.6) is 0 Å². The Kier molecular flexibility index (Phi) is 6.06. The maximum atomic E-state index is 12.7. The minimum Gasteiger partial charge on any atom is -0.368 e. The molecule has 2 heterocycles. The Morgan fingerprint density at radius 2 is 1.81 bits per heavy atom. The van der Waals surface area contributed by atoms with Crippen molar-refractivity contribution in [3.05, 3.63) is 94.0 Å². The number of hydrogen-bond acceptors (Lipinski definition) is 4. The average molecular weight is 401 g/mol. The molecular weight excluding hydrogens is 383 g/mol. The molecule has 7 heteroatoms. The third-order valence-corrected chi connectivity index (χ3v) is 4.91. The van der Waals surface area contributed by atoms with Crippen molar-refractivity contribution in [2.45, 2.75) is 18.5 Å². The molecule has 0 saturated carbocycles. The van der Waals surface area contributed by atoms with Gasteiger partial charge in [-0.25, -0.2) is 0 Å². The largest absolute Gasteiger partial charge is 0.368 e. The van der Waals surface area contributed by atoms with Crippen molar-refractivity contribution in [3.63, 3.8) is 0 Å². The number of hydrogen-bond donors (Lipinski definition) is 2. The van der Waals surface area contributed by atoms with Gasteiger partial charge in [-0.2, -0.15) is 0 Å². The zero-order valence-corrected chi connectivity index (χ0v) is 15.9. The van der Waals surface area contributed by atoms with Crippen molar-refractivity contribution in [2.24, 2.45) is 5.73 Å². The van der Waals surface area contributed by atoms with E-state index in [0.29, 0.717) is 28.6 Å². The lowest BCUT2D eigenvalue weighted by Gasteiger charge is -2.33. The lowest BCUT2D eigenvalue weighted by atomic mass is 9.82. The summed E-state index contributed by atoms with van der Waals surface area (Å²) in [5, 5.41) is 4.18. The quantitative estimate of drug-likeness (QED) is 0.635. The topological polar surface area (TPSA) is 80.9 Å². The first-order valence-corrected chi connectivity index (χ1v) is 9.05. The SMILES string of the molecule is NC(=O)C(Cc1ccncc1)(NCc1cccnc1)c1cc(Cl)ccc1Cl. The van der Waals surface area contributed by atoms with Gasteiger partial charge >= 0.3 is 0 Å². The number of primary amides is 1. The fraction of sp³-hybridized carbons (Fsp3) is 0.150. The Hall–Kier alpha value is -2.47. The van der Waals surface area contributed by atoms with Gasteiger partial charge in [0.2, 0.25) is 5.91 Å². The Morgan fingerprint density at radius 3 is 2.48 bits per heavy atom. The first kappa shape index (κ1) is 19.3. The minimum atomic E-state index is -1.25. The third kappa shape index (κ3) is 4.45. The number of nitrogens with one attached hydrogen (secondary N) is 1. The molecule has 5 nitrogen and oxygen atoms in total. The molecule has 0 aliphatic carbocycles. The summed E-state index contributed by atoms with van der Waals surface area (Å²) >= 11 is 12.6. The number of amides is 1. The molecule has 1 atom stereocenters. The highest BCUT2D eigenvalue weighted by molar-refractivity contribution is 6.34. The maximum Gasteiger partial charge on any atom is 0.242 e. The molecule has 3 rings (SSSR count). The zero-order valence-electron chi connectivity index (χ0n) is 14.4.